The summed E-state index contributed by atoms with van der Waals surface area (Å²) < 4.78 is 0. The van der Waals surface area contributed by atoms with Gasteiger partial charge < -0.3 is 4.98 Å². The van der Waals surface area contributed by atoms with Crippen LogP contribution in [0.15, 0.2) is 82.2 Å². The van der Waals surface area contributed by atoms with Gasteiger partial charge in [-0.25, -0.2) is 5.43 Å². The Morgan fingerprint density at radius 2 is 1.71 bits per heavy atom. The molecule has 134 valence electrons. The molecule has 2 N–H and O–H groups in total. The Morgan fingerprint density at radius 3 is 2.36 bits per heavy atom. The lowest BCUT2D eigenvalue weighted by molar-refractivity contribution is 1.16. The van der Waals surface area contributed by atoms with E-state index in [1.807, 2.05) is 78.9 Å². The number of anilines is 1. The van der Waals surface area contributed by atoms with E-state index in [0.29, 0.717) is 5.84 Å². The fraction of sp³-hybridized carbons (Fsp3) is 0. The molecule has 0 unspecified atom stereocenters. The van der Waals surface area contributed by atoms with Crippen molar-refractivity contribution in [2.75, 3.05) is 5.43 Å². The Hall–Kier alpha value is -4.56. The fourth-order valence-corrected chi connectivity index (χ4v) is 2.20. The van der Waals surface area contributed by atoms with Gasteiger partial charge in [-0.05, 0) is 11.6 Å². The average molecular weight is 366 g/mol. The van der Waals surface area contributed by atoms with E-state index in [9.17, 15) is 0 Å². The number of imidazole rings is 1. The van der Waals surface area contributed by atoms with Gasteiger partial charge in [-0.15, -0.1) is 5.11 Å². The lowest BCUT2D eigenvalue weighted by atomic mass is 10.2. The maximum absolute atomic E-state index is 8.98. The minimum Gasteiger partial charge on any atom is -0.313 e. The lowest BCUT2D eigenvalue weighted by Gasteiger charge is -2.00. The zero-order valence-corrected chi connectivity index (χ0v) is 14.6. The molecule has 0 aliphatic heterocycles. The van der Waals surface area contributed by atoms with Crippen LogP contribution in [-0.2, 0) is 0 Å². The Labute approximate surface area is 161 Å². The van der Waals surface area contributed by atoms with Crippen LogP contribution >= 0.6 is 0 Å². The highest BCUT2D eigenvalue weighted by molar-refractivity contribution is 5.99. The van der Waals surface area contributed by atoms with E-state index in [4.69, 9.17) is 10.5 Å². The SMILES string of the molecule is N#Cc1nc(N\N=C(/N=N/C=C/c2ccccc2)c2ccccc2)[nH]c1C#N. The number of aromatic amines is 1. The summed E-state index contributed by atoms with van der Waals surface area (Å²) in [6, 6.07) is 22.7. The Bertz CT molecular complexity index is 1070. The van der Waals surface area contributed by atoms with Crippen LogP contribution in [0.2, 0.25) is 0 Å². The average Bonchev–Trinajstić information content (AvgIpc) is 3.17. The van der Waals surface area contributed by atoms with Crippen LogP contribution < -0.4 is 5.43 Å². The first kappa shape index (κ1) is 18.2. The summed E-state index contributed by atoms with van der Waals surface area (Å²) >= 11 is 0. The third kappa shape index (κ3) is 4.75. The number of aromatic nitrogens is 2. The van der Waals surface area contributed by atoms with Gasteiger partial charge in [-0.2, -0.15) is 25.7 Å². The fourth-order valence-electron chi connectivity index (χ4n) is 2.20. The van der Waals surface area contributed by atoms with Crippen LogP contribution in [0.4, 0.5) is 5.95 Å². The Morgan fingerprint density at radius 1 is 1.00 bits per heavy atom. The second-order valence-electron chi connectivity index (χ2n) is 5.39. The van der Waals surface area contributed by atoms with Gasteiger partial charge in [0.05, 0.1) is 6.20 Å². The molecule has 0 saturated carbocycles. The smallest absolute Gasteiger partial charge is 0.223 e. The van der Waals surface area contributed by atoms with Gasteiger partial charge in [0.15, 0.2) is 11.4 Å². The number of amidine groups is 1. The molecule has 1 aromatic heterocycles. The number of benzene rings is 2. The van der Waals surface area contributed by atoms with Crippen molar-refractivity contribution in [3.63, 3.8) is 0 Å². The molecule has 3 rings (SSSR count). The monoisotopic (exact) mass is 366 g/mol. The molecule has 0 saturated heterocycles. The topological polar surface area (TPSA) is 125 Å². The largest absolute Gasteiger partial charge is 0.313 e. The molecule has 1 heterocycles. The first-order chi connectivity index (χ1) is 13.8. The van der Waals surface area contributed by atoms with Crippen LogP contribution in [0.3, 0.4) is 0 Å². The van der Waals surface area contributed by atoms with Gasteiger partial charge >= 0.3 is 0 Å². The van der Waals surface area contributed by atoms with Gasteiger partial charge in [0, 0.05) is 5.56 Å². The highest BCUT2D eigenvalue weighted by atomic mass is 15.4. The molecule has 8 heteroatoms. The first-order valence-electron chi connectivity index (χ1n) is 8.22. The lowest BCUT2D eigenvalue weighted by Crippen LogP contribution is -2.01. The maximum Gasteiger partial charge on any atom is 0.223 e. The van der Waals surface area contributed by atoms with Crippen LogP contribution in [0.5, 0.6) is 0 Å². The van der Waals surface area contributed by atoms with E-state index in [1.54, 1.807) is 6.20 Å². The second kappa shape index (κ2) is 9.22. The molecule has 3 aromatic rings. The van der Waals surface area contributed by atoms with Crippen molar-refractivity contribution in [2.24, 2.45) is 15.3 Å². The second-order valence-corrected chi connectivity index (χ2v) is 5.39. The molecule has 2 aromatic carbocycles. The summed E-state index contributed by atoms with van der Waals surface area (Å²) in [4.78, 5) is 6.64. The summed E-state index contributed by atoms with van der Waals surface area (Å²) in [6.07, 6.45) is 3.40. The predicted molar refractivity (Wildman–Crippen MR) is 105 cm³/mol. The van der Waals surface area contributed by atoms with Gasteiger partial charge in [0.2, 0.25) is 11.8 Å². The van der Waals surface area contributed by atoms with Crippen molar-refractivity contribution in [1.29, 1.82) is 10.5 Å². The van der Waals surface area contributed by atoms with Crippen molar-refractivity contribution < 1.29 is 0 Å². The van der Waals surface area contributed by atoms with Crippen LogP contribution in [0.25, 0.3) is 6.08 Å². The highest BCUT2D eigenvalue weighted by Gasteiger charge is 2.09. The number of nitrogens with one attached hydrogen (secondary N) is 2. The summed E-state index contributed by atoms with van der Waals surface area (Å²) in [5.74, 6) is 0.475. The third-order valence-corrected chi connectivity index (χ3v) is 3.51. The quantitative estimate of drug-likeness (QED) is 0.306. The Balaban J connectivity index is 1.81. The van der Waals surface area contributed by atoms with E-state index in [1.165, 1.54) is 0 Å². The molecule has 0 spiro atoms. The van der Waals surface area contributed by atoms with E-state index in [0.717, 1.165) is 11.1 Å². The molecule has 0 bridgehead atoms. The molecular formula is C20H14N8. The van der Waals surface area contributed by atoms with Crippen LogP contribution in [0, 0.1) is 22.7 Å². The number of nitriles is 2. The summed E-state index contributed by atoms with van der Waals surface area (Å²) in [5, 5.41) is 30.3. The summed E-state index contributed by atoms with van der Waals surface area (Å²) in [6.45, 7) is 0. The third-order valence-electron chi connectivity index (χ3n) is 3.51. The molecule has 0 aliphatic rings. The van der Waals surface area contributed by atoms with Crippen molar-refractivity contribution in [2.45, 2.75) is 0 Å². The van der Waals surface area contributed by atoms with Crippen molar-refractivity contribution in [1.82, 2.24) is 9.97 Å². The van der Waals surface area contributed by atoms with E-state index < -0.39 is 0 Å². The number of H-pyrrole nitrogens is 1. The summed E-state index contributed by atoms with van der Waals surface area (Å²) in [5.41, 5.74) is 4.47. The summed E-state index contributed by atoms with van der Waals surface area (Å²) in [7, 11) is 0. The van der Waals surface area contributed by atoms with Gasteiger partial charge in [0.25, 0.3) is 0 Å². The minimum atomic E-state index is -0.00566. The van der Waals surface area contributed by atoms with Gasteiger partial charge in [0.1, 0.15) is 12.1 Å². The van der Waals surface area contributed by atoms with Gasteiger partial charge in [-0.1, -0.05) is 60.7 Å². The van der Waals surface area contributed by atoms with E-state index in [-0.39, 0.29) is 17.3 Å². The Kier molecular flexibility index (Phi) is 6.01. The van der Waals surface area contributed by atoms with Crippen molar-refractivity contribution in [3.05, 3.63) is 89.4 Å². The van der Waals surface area contributed by atoms with Crippen LogP contribution in [0.1, 0.15) is 22.5 Å². The first-order valence-corrected chi connectivity index (χ1v) is 8.22. The molecule has 28 heavy (non-hydrogen) atoms. The number of rotatable bonds is 5. The molecule has 0 aliphatic carbocycles. The van der Waals surface area contributed by atoms with Crippen molar-refractivity contribution in [3.8, 4) is 12.1 Å². The number of azo groups is 1. The molecule has 8 nitrogen and oxygen atoms in total. The molecule has 0 radical (unpaired) electrons. The zero-order chi connectivity index (χ0) is 19.6. The standard InChI is InChI=1S/C20H14N8/c21-13-17-18(14-22)25-20(24-17)28-27-19(16-9-5-2-6-10-16)26-23-12-11-15-7-3-1-4-8-15/h1-12H,(H2,24,25,28)/b12-11+,26-23+,27-19-. The number of hydrazone groups is 1. The van der Waals surface area contributed by atoms with E-state index >= 15 is 0 Å². The van der Waals surface area contributed by atoms with E-state index in [2.05, 4.69) is 30.7 Å². The molecule has 0 atom stereocenters. The number of hydrogen-bond acceptors (Lipinski definition) is 6. The normalized spacial score (nSPS) is 11.4. The molecular weight excluding hydrogens is 352 g/mol. The number of hydrogen-bond donors (Lipinski definition) is 2. The molecule has 0 fully saturated rings. The minimum absolute atomic E-state index is 0.00566. The predicted octanol–water partition coefficient (Wildman–Crippen LogP) is 4.05. The highest BCUT2D eigenvalue weighted by Crippen LogP contribution is 2.10. The maximum atomic E-state index is 8.98. The van der Waals surface area contributed by atoms with Crippen LogP contribution in [-0.4, -0.2) is 15.8 Å². The van der Waals surface area contributed by atoms with Gasteiger partial charge in [-0.3, -0.25) is 0 Å². The molecule has 0 amide bonds. The number of nitrogens with zero attached hydrogens (tertiary/aromatic N) is 6. The zero-order valence-electron chi connectivity index (χ0n) is 14.6. The van der Waals surface area contributed by atoms with Crippen molar-refractivity contribution >= 4 is 17.9 Å².